The van der Waals surface area contributed by atoms with Crippen molar-refractivity contribution in [3.8, 4) is 0 Å². The average molecular weight is 181 g/mol. The number of halogens is 1. The van der Waals surface area contributed by atoms with Crippen LogP contribution < -0.4 is 5.73 Å². The van der Waals surface area contributed by atoms with Crippen molar-refractivity contribution >= 4 is 0 Å². The molecule has 0 radical (unpaired) electrons. The summed E-state index contributed by atoms with van der Waals surface area (Å²) in [6, 6.07) is 5.24. The summed E-state index contributed by atoms with van der Waals surface area (Å²) >= 11 is 0. The van der Waals surface area contributed by atoms with Gasteiger partial charge in [-0.05, 0) is 43.0 Å². The zero-order valence-corrected chi connectivity index (χ0v) is 8.18. The maximum atomic E-state index is 13.0. The Morgan fingerprint density at radius 3 is 2.46 bits per heavy atom. The summed E-state index contributed by atoms with van der Waals surface area (Å²) in [7, 11) is 0. The summed E-state index contributed by atoms with van der Waals surface area (Å²) < 4.78 is 13.0. The molecule has 1 aromatic rings. The van der Waals surface area contributed by atoms with Crippen LogP contribution in [0.5, 0.6) is 0 Å². The second-order valence-corrected chi connectivity index (χ2v) is 3.50. The largest absolute Gasteiger partial charge is 0.328 e. The van der Waals surface area contributed by atoms with Crippen LogP contribution >= 0.6 is 0 Å². The van der Waals surface area contributed by atoms with Crippen molar-refractivity contribution in [2.75, 3.05) is 0 Å². The molecule has 0 saturated heterocycles. The summed E-state index contributed by atoms with van der Waals surface area (Å²) in [5, 5.41) is 0. The van der Waals surface area contributed by atoms with Crippen LogP contribution in [0.25, 0.3) is 0 Å². The summed E-state index contributed by atoms with van der Waals surface area (Å²) in [5.74, 6) is -0.157. The normalized spacial score (nSPS) is 12.9. The van der Waals surface area contributed by atoms with Crippen LogP contribution in [0.2, 0.25) is 0 Å². The fourth-order valence-electron chi connectivity index (χ4n) is 1.41. The van der Waals surface area contributed by atoms with Crippen molar-refractivity contribution in [1.29, 1.82) is 0 Å². The van der Waals surface area contributed by atoms with Gasteiger partial charge in [0.1, 0.15) is 5.82 Å². The summed E-state index contributed by atoms with van der Waals surface area (Å²) in [6.45, 7) is 3.95. The molecule has 0 bridgehead atoms. The molecule has 2 heteroatoms. The molecule has 0 saturated carbocycles. The molecule has 0 aliphatic rings. The molecule has 0 aliphatic heterocycles. The number of hydrogen-bond donors (Lipinski definition) is 1. The molecule has 1 aromatic carbocycles. The van der Waals surface area contributed by atoms with Crippen molar-refractivity contribution in [3.63, 3.8) is 0 Å². The highest BCUT2D eigenvalue weighted by molar-refractivity contribution is 5.25. The van der Waals surface area contributed by atoms with E-state index in [0.29, 0.717) is 0 Å². The summed E-state index contributed by atoms with van der Waals surface area (Å²) in [6.07, 6.45) is 1.61. The minimum absolute atomic E-state index is 0.0894. The molecule has 72 valence electrons. The fourth-order valence-corrected chi connectivity index (χ4v) is 1.41. The van der Waals surface area contributed by atoms with E-state index in [1.54, 1.807) is 12.1 Å². The zero-order valence-electron chi connectivity index (χ0n) is 8.18. The van der Waals surface area contributed by atoms with Gasteiger partial charge >= 0.3 is 0 Å². The van der Waals surface area contributed by atoms with Gasteiger partial charge in [-0.25, -0.2) is 4.39 Å². The van der Waals surface area contributed by atoms with E-state index in [0.717, 1.165) is 24.0 Å². The standard InChI is InChI=1S/C11H16FN/c1-3-9-5-10(4-8(2)13)7-11(12)6-9/h5-8H,3-4,13H2,1-2H3. The van der Waals surface area contributed by atoms with Crippen LogP contribution in [0.1, 0.15) is 25.0 Å². The molecule has 1 nitrogen and oxygen atoms in total. The molecule has 0 aromatic heterocycles. The van der Waals surface area contributed by atoms with Gasteiger partial charge in [-0.15, -0.1) is 0 Å². The van der Waals surface area contributed by atoms with E-state index >= 15 is 0 Å². The van der Waals surface area contributed by atoms with Gasteiger partial charge in [-0.3, -0.25) is 0 Å². The predicted molar refractivity (Wildman–Crippen MR) is 53.1 cm³/mol. The Bertz CT molecular complexity index is 281. The van der Waals surface area contributed by atoms with E-state index in [9.17, 15) is 4.39 Å². The molecule has 0 aliphatic carbocycles. The first-order valence-corrected chi connectivity index (χ1v) is 4.65. The number of nitrogens with two attached hydrogens (primary N) is 1. The first-order valence-electron chi connectivity index (χ1n) is 4.65. The number of rotatable bonds is 3. The van der Waals surface area contributed by atoms with Gasteiger partial charge in [0, 0.05) is 6.04 Å². The fraction of sp³-hybridized carbons (Fsp3) is 0.455. The Hall–Kier alpha value is -0.890. The quantitative estimate of drug-likeness (QED) is 0.760. The van der Waals surface area contributed by atoms with E-state index < -0.39 is 0 Å². The highest BCUT2D eigenvalue weighted by Gasteiger charge is 2.01. The lowest BCUT2D eigenvalue weighted by Gasteiger charge is -2.07. The molecule has 13 heavy (non-hydrogen) atoms. The lowest BCUT2D eigenvalue weighted by atomic mass is 10.0. The number of benzene rings is 1. The minimum Gasteiger partial charge on any atom is -0.328 e. The molecule has 1 rings (SSSR count). The second-order valence-electron chi connectivity index (χ2n) is 3.50. The molecule has 0 spiro atoms. The summed E-state index contributed by atoms with van der Waals surface area (Å²) in [4.78, 5) is 0. The molecule has 0 heterocycles. The number of aryl methyl sites for hydroxylation is 1. The van der Waals surface area contributed by atoms with Crippen LogP contribution in [0.3, 0.4) is 0 Å². The average Bonchev–Trinajstić information content (AvgIpc) is 2.01. The van der Waals surface area contributed by atoms with Crippen molar-refractivity contribution < 1.29 is 4.39 Å². The Morgan fingerprint density at radius 2 is 1.92 bits per heavy atom. The Labute approximate surface area is 78.8 Å². The van der Waals surface area contributed by atoms with Crippen LogP contribution in [0.15, 0.2) is 18.2 Å². The highest BCUT2D eigenvalue weighted by Crippen LogP contribution is 2.11. The maximum absolute atomic E-state index is 13.0. The van der Waals surface area contributed by atoms with Gasteiger partial charge in [0.15, 0.2) is 0 Å². The Kier molecular flexibility index (Phi) is 3.43. The SMILES string of the molecule is CCc1cc(F)cc(CC(C)N)c1. The van der Waals surface area contributed by atoms with Gasteiger partial charge in [0.2, 0.25) is 0 Å². The summed E-state index contributed by atoms with van der Waals surface area (Å²) in [5.41, 5.74) is 7.67. The lowest BCUT2D eigenvalue weighted by Crippen LogP contribution is -2.17. The van der Waals surface area contributed by atoms with Crippen molar-refractivity contribution in [3.05, 3.63) is 35.1 Å². The number of hydrogen-bond acceptors (Lipinski definition) is 1. The molecular weight excluding hydrogens is 165 g/mol. The van der Waals surface area contributed by atoms with Crippen LogP contribution in [-0.2, 0) is 12.8 Å². The molecule has 0 amide bonds. The minimum atomic E-state index is -0.157. The first kappa shape index (κ1) is 10.2. The highest BCUT2D eigenvalue weighted by atomic mass is 19.1. The van der Waals surface area contributed by atoms with Gasteiger partial charge in [0.25, 0.3) is 0 Å². The lowest BCUT2D eigenvalue weighted by molar-refractivity contribution is 0.620. The van der Waals surface area contributed by atoms with Crippen LogP contribution in [0, 0.1) is 5.82 Å². The third kappa shape index (κ3) is 3.15. The monoisotopic (exact) mass is 181 g/mol. The van der Waals surface area contributed by atoms with Crippen LogP contribution in [-0.4, -0.2) is 6.04 Å². The van der Waals surface area contributed by atoms with Crippen LogP contribution in [0.4, 0.5) is 4.39 Å². The predicted octanol–water partition coefficient (Wildman–Crippen LogP) is 2.28. The third-order valence-corrected chi connectivity index (χ3v) is 1.98. The molecule has 1 unspecified atom stereocenters. The Balaban J connectivity index is 2.88. The molecule has 2 N–H and O–H groups in total. The van der Waals surface area contributed by atoms with Crippen molar-refractivity contribution in [1.82, 2.24) is 0 Å². The van der Waals surface area contributed by atoms with Gasteiger partial charge in [0.05, 0.1) is 0 Å². The van der Waals surface area contributed by atoms with Gasteiger partial charge < -0.3 is 5.73 Å². The van der Waals surface area contributed by atoms with E-state index in [1.165, 1.54) is 0 Å². The first-order chi connectivity index (χ1) is 6.11. The molecular formula is C11H16FN. The molecule has 1 atom stereocenters. The third-order valence-electron chi connectivity index (χ3n) is 1.98. The second kappa shape index (κ2) is 4.38. The Morgan fingerprint density at radius 1 is 1.31 bits per heavy atom. The zero-order chi connectivity index (χ0) is 9.84. The molecule has 0 fully saturated rings. The van der Waals surface area contributed by atoms with E-state index in [1.807, 2.05) is 19.9 Å². The van der Waals surface area contributed by atoms with E-state index in [2.05, 4.69) is 0 Å². The van der Waals surface area contributed by atoms with E-state index in [4.69, 9.17) is 5.73 Å². The van der Waals surface area contributed by atoms with Crippen molar-refractivity contribution in [2.24, 2.45) is 5.73 Å². The smallest absolute Gasteiger partial charge is 0.123 e. The van der Waals surface area contributed by atoms with Crippen molar-refractivity contribution in [2.45, 2.75) is 32.7 Å². The van der Waals surface area contributed by atoms with Gasteiger partial charge in [-0.1, -0.05) is 13.0 Å². The van der Waals surface area contributed by atoms with E-state index in [-0.39, 0.29) is 11.9 Å². The maximum Gasteiger partial charge on any atom is 0.123 e. The van der Waals surface area contributed by atoms with Gasteiger partial charge in [-0.2, -0.15) is 0 Å². The topological polar surface area (TPSA) is 26.0 Å².